The molecule has 3 rings (SSSR count). The van der Waals surface area contributed by atoms with E-state index >= 15 is 0 Å². The van der Waals surface area contributed by atoms with Crippen LogP contribution in [0.5, 0.6) is 0 Å². The quantitative estimate of drug-likeness (QED) is 0.629. The Labute approximate surface area is 139 Å². The molecule has 0 radical (unpaired) electrons. The molecule has 0 aliphatic rings. The van der Waals surface area contributed by atoms with Crippen LogP contribution in [0.15, 0.2) is 48.5 Å². The van der Waals surface area contributed by atoms with Gasteiger partial charge in [-0.2, -0.15) is 0 Å². The summed E-state index contributed by atoms with van der Waals surface area (Å²) in [5, 5.41) is 23.8. The van der Waals surface area contributed by atoms with Gasteiger partial charge in [-0.1, -0.05) is 30.3 Å². The number of amides is 1. The Kier molecular flexibility index (Phi) is 4.50. The molecule has 0 bridgehead atoms. The van der Waals surface area contributed by atoms with Crippen molar-refractivity contribution in [2.75, 3.05) is 11.8 Å². The smallest absolute Gasteiger partial charge is 0.253 e. The highest BCUT2D eigenvalue weighted by Gasteiger charge is 2.12. The van der Waals surface area contributed by atoms with E-state index in [9.17, 15) is 10.0 Å². The second-order valence-electron chi connectivity index (χ2n) is 5.57. The minimum atomic E-state index is -0.391. The zero-order valence-corrected chi connectivity index (χ0v) is 13.2. The normalized spacial score (nSPS) is 10.8. The topological polar surface area (TPSA) is 91.4 Å². The Balaban J connectivity index is 1.70. The van der Waals surface area contributed by atoms with Gasteiger partial charge in [-0.3, -0.25) is 10.0 Å². The SMILES string of the molecule is Cc1[nH]c2ccccc2c1CCNC(=O)c1ccccc1N([O-])O. The zero-order chi connectivity index (χ0) is 17.1. The number of H-pyrrole nitrogens is 1. The Morgan fingerprint density at radius 1 is 1.21 bits per heavy atom. The van der Waals surface area contributed by atoms with Crippen LogP contribution in [0, 0.1) is 12.1 Å². The summed E-state index contributed by atoms with van der Waals surface area (Å²) in [6.45, 7) is 2.44. The first kappa shape index (κ1) is 16.0. The van der Waals surface area contributed by atoms with Crippen LogP contribution in [-0.4, -0.2) is 22.6 Å². The molecule has 0 spiro atoms. The molecule has 3 aromatic rings. The van der Waals surface area contributed by atoms with E-state index < -0.39 is 5.91 Å². The molecule has 0 fully saturated rings. The third kappa shape index (κ3) is 3.10. The molecule has 6 nitrogen and oxygen atoms in total. The zero-order valence-electron chi connectivity index (χ0n) is 13.2. The van der Waals surface area contributed by atoms with Gasteiger partial charge >= 0.3 is 0 Å². The fourth-order valence-electron chi connectivity index (χ4n) is 2.89. The minimum Gasteiger partial charge on any atom is -0.733 e. The lowest BCUT2D eigenvalue weighted by molar-refractivity contribution is 0.0953. The fourth-order valence-corrected chi connectivity index (χ4v) is 2.89. The van der Waals surface area contributed by atoms with Crippen LogP contribution in [0.3, 0.4) is 0 Å². The van der Waals surface area contributed by atoms with Gasteiger partial charge in [0.1, 0.15) is 0 Å². The van der Waals surface area contributed by atoms with Gasteiger partial charge in [0.2, 0.25) is 0 Å². The van der Waals surface area contributed by atoms with E-state index in [1.54, 1.807) is 12.1 Å². The monoisotopic (exact) mass is 324 g/mol. The lowest BCUT2D eigenvalue weighted by Crippen LogP contribution is -2.27. The average molecular weight is 324 g/mol. The van der Waals surface area contributed by atoms with Gasteiger partial charge in [0.25, 0.3) is 5.91 Å². The molecule has 0 saturated heterocycles. The molecule has 1 heterocycles. The first-order valence-electron chi connectivity index (χ1n) is 7.67. The number of hydrogen-bond donors (Lipinski definition) is 3. The van der Waals surface area contributed by atoms with Gasteiger partial charge in [0.05, 0.1) is 11.3 Å². The second-order valence-corrected chi connectivity index (χ2v) is 5.57. The van der Waals surface area contributed by atoms with Crippen LogP contribution in [0.1, 0.15) is 21.6 Å². The summed E-state index contributed by atoms with van der Waals surface area (Å²) < 4.78 is 0. The van der Waals surface area contributed by atoms with Crippen molar-refractivity contribution in [3.63, 3.8) is 0 Å². The number of anilines is 1. The first-order valence-corrected chi connectivity index (χ1v) is 7.67. The highest BCUT2D eigenvalue weighted by atomic mass is 16.8. The summed E-state index contributed by atoms with van der Waals surface area (Å²) in [4.78, 5) is 15.6. The number of para-hydroxylation sites is 2. The fraction of sp³-hybridized carbons (Fsp3) is 0.167. The lowest BCUT2D eigenvalue weighted by atomic mass is 10.1. The Bertz CT molecular complexity index is 871. The average Bonchev–Trinajstić information content (AvgIpc) is 2.90. The second kappa shape index (κ2) is 6.74. The number of carbonyl (C=O) groups excluding carboxylic acids is 1. The van der Waals surface area contributed by atoms with Crippen LogP contribution in [0.2, 0.25) is 0 Å². The summed E-state index contributed by atoms with van der Waals surface area (Å²) in [5.74, 6) is -0.391. The van der Waals surface area contributed by atoms with E-state index in [0.29, 0.717) is 13.0 Å². The number of carbonyl (C=O) groups is 1. The molecule has 24 heavy (non-hydrogen) atoms. The summed E-state index contributed by atoms with van der Waals surface area (Å²) in [6.07, 6.45) is 0.671. The molecule has 0 aliphatic carbocycles. The van der Waals surface area contributed by atoms with Crippen LogP contribution in [0.25, 0.3) is 10.9 Å². The maximum Gasteiger partial charge on any atom is 0.253 e. The van der Waals surface area contributed by atoms with Gasteiger partial charge < -0.3 is 20.7 Å². The van der Waals surface area contributed by atoms with Crippen molar-refractivity contribution in [3.05, 3.63) is 70.6 Å². The number of hydrogen-bond acceptors (Lipinski definition) is 4. The molecule has 0 unspecified atom stereocenters. The van der Waals surface area contributed by atoms with Gasteiger partial charge in [0, 0.05) is 23.1 Å². The summed E-state index contributed by atoms with van der Waals surface area (Å²) in [5.41, 5.74) is 3.38. The number of rotatable bonds is 5. The van der Waals surface area contributed by atoms with E-state index in [-0.39, 0.29) is 16.5 Å². The van der Waals surface area contributed by atoms with Gasteiger partial charge in [-0.15, -0.1) is 0 Å². The molecular weight excluding hydrogens is 306 g/mol. The molecule has 0 atom stereocenters. The molecule has 6 heteroatoms. The van der Waals surface area contributed by atoms with Crippen molar-refractivity contribution in [1.82, 2.24) is 10.3 Å². The maximum atomic E-state index is 12.3. The summed E-state index contributed by atoms with van der Waals surface area (Å²) in [6, 6.07) is 14.2. The van der Waals surface area contributed by atoms with E-state index in [1.165, 1.54) is 12.1 Å². The molecular formula is C18H18N3O3-. The highest BCUT2D eigenvalue weighted by molar-refractivity contribution is 5.99. The molecule has 124 valence electrons. The number of aryl methyl sites for hydroxylation is 1. The van der Waals surface area contributed by atoms with Gasteiger partial charge in [0.15, 0.2) is 0 Å². The molecule has 0 aliphatic heterocycles. The van der Waals surface area contributed by atoms with E-state index in [2.05, 4.69) is 10.3 Å². The Morgan fingerprint density at radius 3 is 2.71 bits per heavy atom. The van der Waals surface area contributed by atoms with E-state index in [1.807, 2.05) is 31.2 Å². The Hall–Kier alpha value is -2.83. The third-order valence-corrected chi connectivity index (χ3v) is 4.04. The largest absolute Gasteiger partial charge is 0.733 e. The lowest BCUT2D eigenvalue weighted by Gasteiger charge is -2.24. The van der Waals surface area contributed by atoms with Crippen molar-refractivity contribution in [2.24, 2.45) is 0 Å². The molecule has 0 saturated carbocycles. The number of fused-ring (bicyclic) bond motifs is 1. The van der Waals surface area contributed by atoms with Crippen molar-refractivity contribution in [3.8, 4) is 0 Å². The third-order valence-electron chi connectivity index (χ3n) is 4.04. The number of aromatic nitrogens is 1. The van der Waals surface area contributed by atoms with Crippen LogP contribution < -0.4 is 10.5 Å². The predicted molar refractivity (Wildman–Crippen MR) is 93.1 cm³/mol. The van der Waals surface area contributed by atoms with Gasteiger partial charge in [-0.05, 0) is 37.1 Å². The molecule has 2 aromatic carbocycles. The molecule has 1 aromatic heterocycles. The van der Waals surface area contributed by atoms with Crippen LogP contribution in [-0.2, 0) is 6.42 Å². The minimum absolute atomic E-state index is 0.0710. The first-order chi connectivity index (χ1) is 11.6. The molecule has 1 amide bonds. The van der Waals surface area contributed by atoms with Crippen LogP contribution in [0.4, 0.5) is 5.69 Å². The van der Waals surface area contributed by atoms with Crippen molar-refractivity contribution >= 4 is 22.5 Å². The van der Waals surface area contributed by atoms with Gasteiger partial charge in [-0.25, -0.2) is 0 Å². The van der Waals surface area contributed by atoms with E-state index in [4.69, 9.17) is 5.21 Å². The summed E-state index contributed by atoms with van der Waals surface area (Å²) in [7, 11) is 0. The Morgan fingerprint density at radius 2 is 1.92 bits per heavy atom. The number of aromatic amines is 1. The number of nitrogens with zero attached hydrogens (tertiary/aromatic N) is 1. The van der Waals surface area contributed by atoms with Crippen molar-refractivity contribution in [1.29, 1.82) is 0 Å². The number of benzene rings is 2. The van der Waals surface area contributed by atoms with E-state index in [0.717, 1.165) is 22.2 Å². The standard InChI is InChI=1S/C18H18N3O3/c1-12-13(14-6-2-4-8-16(14)20-12)10-11-19-18(22)15-7-3-5-9-17(15)21(23)24/h2-9,20,23H,10-11H2,1H3,(H,19,22)/q-1. The van der Waals surface area contributed by atoms with Crippen molar-refractivity contribution in [2.45, 2.75) is 13.3 Å². The molecule has 3 N–H and O–H groups in total. The maximum absolute atomic E-state index is 12.3. The predicted octanol–water partition coefficient (Wildman–Crippen LogP) is 3.14. The van der Waals surface area contributed by atoms with Crippen LogP contribution >= 0.6 is 0 Å². The highest BCUT2D eigenvalue weighted by Crippen LogP contribution is 2.22. The number of nitrogens with one attached hydrogen (secondary N) is 2. The van der Waals surface area contributed by atoms with Crippen molar-refractivity contribution < 1.29 is 10.0 Å². The summed E-state index contributed by atoms with van der Waals surface area (Å²) >= 11 is 0.